The number of carbonyl (C=O) groups is 1. The number of hydrogen-bond acceptors (Lipinski definition) is 5. The van der Waals surface area contributed by atoms with Crippen molar-refractivity contribution in [1.29, 1.82) is 0 Å². The monoisotopic (exact) mass is 443 g/mol. The minimum Gasteiger partial charge on any atom is -0.489 e. The molecule has 7 heteroatoms. The lowest BCUT2D eigenvalue weighted by Gasteiger charge is -2.32. The SMILES string of the molecule is C=CCS(=O)(=O)N1CCCC(c2cc(CC(=O)OC)cc(OCc3ccccc3)c2)C1. The van der Waals surface area contributed by atoms with Crippen LogP contribution in [0.1, 0.15) is 35.4 Å². The summed E-state index contributed by atoms with van der Waals surface area (Å²) in [7, 11) is -1.99. The summed E-state index contributed by atoms with van der Waals surface area (Å²) < 4.78 is 37.4. The fraction of sp³-hybridized carbons (Fsp3) is 0.375. The van der Waals surface area contributed by atoms with Crippen LogP contribution < -0.4 is 4.74 Å². The van der Waals surface area contributed by atoms with Crippen molar-refractivity contribution in [3.05, 3.63) is 77.9 Å². The topological polar surface area (TPSA) is 72.9 Å². The molecule has 166 valence electrons. The fourth-order valence-corrected chi connectivity index (χ4v) is 5.13. The molecule has 2 aromatic rings. The first-order valence-electron chi connectivity index (χ1n) is 10.4. The van der Waals surface area contributed by atoms with E-state index in [9.17, 15) is 13.2 Å². The average molecular weight is 444 g/mol. The molecule has 0 N–H and O–H groups in total. The highest BCUT2D eigenvalue weighted by Gasteiger charge is 2.29. The van der Waals surface area contributed by atoms with E-state index in [0.29, 0.717) is 25.4 Å². The van der Waals surface area contributed by atoms with Crippen LogP contribution in [0.25, 0.3) is 0 Å². The van der Waals surface area contributed by atoms with Crippen LogP contribution in [0.4, 0.5) is 0 Å². The van der Waals surface area contributed by atoms with Gasteiger partial charge in [-0.3, -0.25) is 4.79 Å². The van der Waals surface area contributed by atoms with Crippen LogP contribution in [-0.2, 0) is 32.6 Å². The number of benzene rings is 2. The van der Waals surface area contributed by atoms with Gasteiger partial charge in [0.2, 0.25) is 10.0 Å². The predicted molar refractivity (Wildman–Crippen MR) is 120 cm³/mol. The van der Waals surface area contributed by atoms with E-state index in [1.54, 1.807) is 4.31 Å². The van der Waals surface area contributed by atoms with Gasteiger partial charge in [-0.25, -0.2) is 12.7 Å². The molecule has 1 heterocycles. The van der Waals surface area contributed by atoms with Crippen LogP contribution in [0.3, 0.4) is 0 Å². The Morgan fingerprint density at radius 3 is 2.68 bits per heavy atom. The smallest absolute Gasteiger partial charge is 0.309 e. The zero-order valence-electron chi connectivity index (χ0n) is 17.8. The summed E-state index contributed by atoms with van der Waals surface area (Å²) in [4.78, 5) is 11.9. The third-order valence-corrected chi connectivity index (χ3v) is 7.17. The maximum Gasteiger partial charge on any atom is 0.309 e. The molecule has 31 heavy (non-hydrogen) atoms. The molecule has 1 saturated heterocycles. The molecular weight excluding hydrogens is 414 g/mol. The van der Waals surface area contributed by atoms with Crippen molar-refractivity contribution in [2.24, 2.45) is 0 Å². The first-order chi connectivity index (χ1) is 14.9. The lowest BCUT2D eigenvalue weighted by atomic mass is 9.90. The quantitative estimate of drug-likeness (QED) is 0.437. The zero-order chi connectivity index (χ0) is 22.3. The predicted octanol–water partition coefficient (Wildman–Crippen LogP) is 3.68. The van der Waals surface area contributed by atoms with Crippen LogP contribution in [0, 0.1) is 0 Å². The van der Waals surface area contributed by atoms with Gasteiger partial charge in [0.05, 0.1) is 19.3 Å². The highest BCUT2D eigenvalue weighted by Crippen LogP contribution is 2.32. The van der Waals surface area contributed by atoms with Gasteiger partial charge in [-0.2, -0.15) is 0 Å². The van der Waals surface area contributed by atoms with Gasteiger partial charge in [0.15, 0.2) is 0 Å². The van der Waals surface area contributed by atoms with Gasteiger partial charge in [-0.05, 0) is 47.6 Å². The Labute approximate surface area is 184 Å². The lowest BCUT2D eigenvalue weighted by Crippen LogP contribution is -2.40. The highest BCUT2D eigenvalue weighted by atomic mass is 32.2. The summed E-state index contributed by atoms with van der Waals surface area (Å²) >= 11 is 0. The van der Waals surface area contributed by atoms with Gasteiger partial charge < -0.3 is 9.47 Å². The lowest BCUT2D eigenvalue weighted by molar-refractivity contribution is -0.139. The van der Waals surface area contributed by atoms with Crippen molar-refractivity contribution in [2.75, 3.05) is 26.0 Å². The molecule has 0 aromatic heterocycles. The molecule has 0 spiro atoms. The number of carbonyl (C=O) groups excluding carboxylic acids is 1. The second-order valence-electron chi connectivity index (χ2n) is 7.70. The first-order valence-corrected chi connectivity index (χ1v) is 12.0. The molecular formula is C24H29NO5S. The number of ether oxygens (including phenoxy) is 2. The zero-order valence-corrected chi connectivity index (χ0v) is 18.6. The molecule has 1 aliphatic rings. The standard InChI is InChI=1S/C24H29NO5S/c1-3-12-31(27,28)25-11-7-10-21(17-25)22-13-20(15-24(26)29-2)14-23(16-22)30-18-19-8-5-4-6-9-19/h3-6,8-9,13-14,16,21H,1,7,10-12,15,17-18H2,2H3. The molecule has 0 radical (unpaired) electrons. The number of rotatable bonds is 9. The van der Waals surface area contributed by atoms with Crippen LogP contribution in [-0.4, -0.2) is 44.6 Å². The number of sulfonamides is 1. The summed E-state index contributed by atoms with van der Waals surface area (Å²) in [5.41, 5.74) is 2.81. The van der Waals surface area contributed by atoms with Gasteiger partial charge in [0.25, 0.3) is 0 Å². The summed E-state index contributed by atoms with van der Waals surface area (Å²) in [5, 5.41) is 0. The maximum absolute atomic E-state index is 12.5. The molecule has 2 aromatic carbocycles. The van der Waals surface area contributed by atoms with Gasteiger partial charge in [0, 0.05) is 13.1 Å². The Morgan fingerprint density at radius 1 is 1.19 bits per heavy atom. The van der Waals surface area contributed by atoms with Crippen LogP contribution >= 0.6 is 0 Å². The van der Waals surface area contributed by atoms with Crippen molar-refractivity contribution < 1.29 is 22.7 Å². The molecule has 0 aliphatic carbocycles. The number of piperidine rings is 1. The van der Waals surface area contributed by atoms with Gasteiger partial charge >= 0.3 is 5.97 Å². The van der Waals surface area contributed by atoms with E-state index in [-0.39, 0.29) is 24.1 Å². The summed E-state index contributed by atoms with van der Waals surface area (Å²) in [5.74, 6) is 0.300. The van der Waals surface area contributed by atoms with Gasteiger partial charge in [-0.15, -0.1) is 6.58 Å². The number of esters is 1. The highest BCUT2D eigenvalue weighted by molar-refractivity contribution is 7.89. The van der Waals surface area contributed by atoms with E-state index in [0.717, 1.165) is 29.5 Å². The van der Waals surface area contributed by atoms with Gasteiger partial charge in [0.1, 0.15) is 12.4 Å². The van der Waals surface area contributed by atoms with Crippen LogP contribution in [0.15, 0.2) is 61.2 Å². The summed E-state index contributed by atoms with van der Waals surface area (Å²) in [6.45, 7) is 4.90. The third-order valence-electron chi connectivity index (χ3n) is 5.39. The second kappa shape index (κ2) is 10.6. The van der Waals surface area contributed by atoms with E-state index in [4.69, 9.17) is 9.47 Å². The minimum absolute atomic E-state index is 0.0324. The third kappa shape index (κ3) is 6.42. The van der Waals surface area contributed by atoms with Crippen molar-refractivity contribution in [2.45, 2.75) is 31.8 Å². The second-order valence-corrected chi connectivity index (χ2v) is 9.72. The fourth-order valence-electron chi connectivity index (χ4n) is 3.81. The van der Waals surface area contributed by atoms with E-state index in [2.05, 4.69) is 6.58 Å². The summed E-state index contributed by atoms with van der Waals surface area (Å²) in [6.07, 6.45) is 3.21. The molecule has 1 fully saturated rings. The van der Waals surface area contributed by atoms with Gasteiger partial charge in [-0.1, -0.05) is 42.5 Å². The Morgan fingerprint density at radius 2 is 1.97 bits per heavy atom. The maximum atomic E-state index is 12.5. The molecule has 0 bridgehead atoms. The molecule has 1 aliphatic heterocycles. The molecule has 0 saturated carbocycles. The van der Waals surface area contributed by atoms with E-state index in [1.807, 2.05) is 48.5 Å². The van der Waals surface area contributed by atoms with Crippen LogP contribution in [0.2, 0.25) is 0 Å². The number of hydrogen-bond donors (Lipinski definition) is 0. The van der Waals surface area contributed by atoms with E-state index >= 15 is 0 Å². The Hall–Kier alpha value is -2.64. The summed E-state index contributed by atoms with van der Waals surface area (Å²) in [6, 6.07) is 15.6. The molecule has 1 atom stereocenters. The van der Waals surface area contributed by atoms with Crippen molar-refractivity contribution in [3.63, 3.8) is 0 Å². The molecule has 6 nitrogen and oxygen atoms in total. The van der Waals surface area contributed by atoms with Crippen LogP contribution in [0.5, 0.6) is 5.75 Å². The normalized spacial score (nSPS) is 17.1. The largest absolute Gasteiger partial charge is 0.489 e. The van der Waals surface area contributed by atoms with Crippen molar-refractivity contribution >= 4 is 16.0 Å². The Bertz CT molecular complexity index is 1000. The van der Waals surface area contributed by atoms with Crippen molar-refractivity contribution in [3.8, 4) is 5.75 Å². The molecule has 1 unspecified atom stereocenters. The number of nitrogens with zero attached hydrogens (tertiary/aromatic N) is 1. The van der Waals surface area contributed by atoms with E-state index in [1.165, 1.54) is 13.2 Å². The molecule has 3 rings (SSSR count). The van der Waals surface area contributed by atoms with E-state index < -0.39 is 10.0 Å². The Kier molecular flexibility index (Phi) is 7.87. The first kappa shape index (κ1) is 23.0. The average Bonchev–Trinajstić information content (AvgIpc) is 2.78. The Balaban J connectivity index is 1.84. The molecule has 0 amide bonds. The number of methoxy groups -OCH3 is 1. The minimum atomic E-state index is -3.35. The van der Waals surface area contributed by atoms with Crippen molar-refractivity contribution in [1.82, 2.24) is 4.31 Å².